The number of nitrogens with one attached hydrogen (secondary N) is 2. The lowest BCUT2D eigenvalue weighted by atomic mass is 9.88. The molecule has 0 aliphatic carbocycles. The highest BCUT2D eigenvalue weighted by atomic mass is 32.2. The van der Waals surface area contributed by atoms with E-state index in [-0.39, 0.29) is 29.4 Å². The molecule has 2 rings (SSSR count). The third kappa shape index (κ3) is 6.37. The molecule has 1 aromatic rings. The summed E-state index contributed by atoms with van der Waals surface area (Å²) in [5.41, 5.74) is 8.37. The predicted molar refractivity (Wildman–Crippen MR) is 125 cm³/mol. The summed E-state index contributed by atoms with van der Waals surface area (Å²) < 4.78 is 34.8. The van der Waals surface area contributed by atoms with Gasteiger partial charge in [-0.25, -0.2) is 17.9 Å². The second-order valence-corrected chi connectivity index (χ2v) is 10.6. The summed E-state index contributed by atoms with van der Waals surface area (Å²) >= 11 is 0. The molecule has 0 fully saturated rings. The molecule has 184 valence electrons. The Kier molecular flexibility index (Phi) is 8.00. The summed E-state index contributed by atoms with van der Waals surface area (Å²) in [5, 5.41) is 11.5. The van der Waals surface area contributed by atoms with Gasteiger partial charge < -0.3 is 20.9 Å². The number of sulfonamides is 1. The van der Waals surface area contributed by atoms with Gasteiger partial charge in [0.05, 0.1) is 4.90 Å². The molecule has 1 unspecified atom stereocenters. The van der Waals surface area contributed by atoms with Gasteiger partial charge in [0.1, 0.15) is 17.4 Å². The van der Waals surface area contributed by atoms with Gasteiger partial charge in [-0.2, -0.15) is 0 Å². The molecular weight excluding hydrogens is 448 g/mol. The number of amides is 1. The molecule has 10 nitrogen and oxygen atoms in total. The standard InChI is InChI=1S/C22H34N4O6S/c1-12-13(2)19(14(3)16-9-10-22(5,6)32-18(12)16)33(30,31)26-21(23)24-11-7-8-17(20(28)29)25-15(4)27/h17H,7-11H2,1-6H3,(H,25,27)(H,28,29)(H3,23,24,26). The number of hydrogen-bond donors (Lipinski definition) is 4. The van der Waals surface area contributed by atoms with Gasteiger partial charge in [-0.3, -0.25) is 9.79 Å². The highest BCUT2D eigenvalue weighted by molar-refractivity contribution is 7.90. The number of aliphatic imine (C=N–C) groups is 1. The number of rotatable bonds is 8. The molecule has 1 aliphatic heterocycles. The Balaban J connectivity index is 2.18. The Bertz CT molecular complexity index is 1080. The number of ether oxygens (including phenoxy) is 1. The van der Waals surface area contributed by atoms with Crippen LogP contribution in [0.3, 0.4) is 0 Å². The van der Waals surface area contributed by atoms with E-state index in [1.54, 1.807) is 13.8 Å². The van der Waals surface area contributed by atoms with Crippen LogP contribution in [-0.4, -0.2) is 49.5 Å². The zero-order valence-corrected chi connectivity index (χ0v) is 20.9. The molecule has 1 atom stereocenters. The first-order valence-electron chi connectivity index (χ1n) is 10.8. The number of hydrogen-bond acceptors (Lipinski definition) is 6. The maximum Gasteiger partial charge on any atom is 0.326 e. The molecule has 0 bridgehead atoms. The Labute approximate surface area is 195 Å². The van der Waals surface area contributed by atoms with Crippen molar-refractivity contribution in [1.29, 1.82) is 0 Å². The van der Waals surface area contributed by atoms with E-state index in [9.17, 15) is 18.0 Å². The normalized spacial score (nSPS) is 16.4. The van der Waals surface area contributed by atoms with Crippen molar-refractivity contribution in [3.63, 3.8) is 0 Å². The van der Waals surface area contributed by atoms with E-state index in [1.807, 2.05) is 20.8 Å². The van der Waals surface area contributed by atoms with Crippen molar-refractivity contribution in [2.45, 2.75) is 83.8 Å². The van der Waals surface area contributed by atoms with Gasteiger partial charge in [0, 0.05) is 13.5 Å². The van der Waals surface area contributed by atoms with E-state index in [1.165, 1.54) is 6.92 Å². The van der Waals surface area contributed by atoms with Gasteiger partial charge in [-0.05, 0) is 82.6 Å². The molecule has 1 heterocycles. The van der Waals surface area contributed by atoms with Gasteiger partial charge in [-0.1, -0.05) is 0 Å². The molecule has 1 amide bonds. The lowest BCUT2D eigenvalue weighted by Gasteiger charge is -2.35. The fourth-order valence-corrected chi connectivity index (χ4v) is 5.49. The van der Waals surface area contributed by atoms with E-state index in [0.717, 1.165) is 23.3 Å². The smallest absolute Gasteiger partial charge is 0.326 e. The van der Waals surface area contributed by atoms with Gasteiger partial charge in [-0.15, -0.1) is 0 Å². The molecular formula is C22H34N4O6S. The van der Waals surface area contributed by atoms with Crippen LogP contribution in [0, 0.1) is 20.8 Å². The molecule has 0 saturated heterocycles. The van der Waals surface area contributed by atoms with Crippen LogP contribution in [0.1, 0.15) is 62.3 Å². The summed E-state index contributed by atoms with van der Waals surface area (Å²) in [5.74, 6) is -1.14. The first-order chi connectivity index (χ1) is 15.2. The minimum Gasteiger partial charge on any atom is -0.487 e. The molecule has 33 heavy (non-hydrogen) atoms. The minimum absolute atomic E-state index is 0.0990. The first kappa shape index (κ1) is 26.4. The zero-order chi connectivity index (χ0) is 25.1. The Morgan fingerprint density at radius 3 is 2.42 bits per heavy atom. The average molecular weight is 483 g/mol. The highest BCUT2D eigenvalue weighted by Gasteiger charge is 2.33. The van der Waals surface area contributed by atoms with Crippen LogP contribution in [0.25, 0.3) is 0 Å². The molecule has 0 aromatic heterocycles. The number of carboxylic acids is 1. The number of carboxylic acid groups (broad SMARTS) is 1. The number of aliphatic carboxylic acids is 1. The molecule has 0 radical (unpaired) electrons. The van der Waals surface area contributed by atoms with Gasteiger partial charge in [0.2, 0.25) is 11.9 Å². The van der Waals surface area contributed by atoms with Crippen LogP contribution in [0.5, 0.6) is 5.75 Å². The fourth-order valence-electron chi connectivity index (χ4n) is 3.97. The average Bonchev–Trinajstić information content (AvgIpc) is 2.66. The van der Waals surface area contributed by atoms with E-state index in [2.05, 4.69) is 15.0 Å². The zero-order valence-electron chi connectivity index (χ0n) is 20.0. The number of carbonyl (C=O) groups excluding carboxylic acids is 1. The monoisotopic (exact) mass is 482 g/mol. The van der Waals surface area contributed by atoms with Gasteiger partial charge >= 0.3 is 5.97 Å². The van der Waals surface area contributed by atoms with Crippen molar-refractivity contribution in [2.75, 3.05) is 6.54 Å². The Morgan fingerprint density at radius 2 is 1.85 bits per heavy atom. The van der Waals surface area contributed by atoms with Crippen LogP contribution in [0.2, 0.25) is 0 Å². The summed E-state index contributed by atoms with van der Waals surface area (Å²) in [6, 6.07) is -1.04. The lowest BCUT2D eigenvalue weighted by molar-refractivity contribution is -0.141. The summed E-state index contributed by atoms with van der Waals surface area (Å²) in [7, 11) is -4.00. The van der Waals surface area contributed by atoms with Crippen molar-refractivity contribution in [3.05, 3.63) is 22.3 Å². The third-order valence-corrected chi connectivity index (χ3v) is 7.41. The van der Waals surface area contributed by atoms with Crippen molar-refractivity contribution < 1.29 is 27.9 Å². The lowest BCUT2D eigenvalue weighted by Crippen LogP contribution is -2.40. The second-order valence-electron chi connectivity index (χ2n) is 8.98. The van der Waals surface area contributed by atoms with Crippen molar-refractivity contribution in [1.82, 2.24) is 10.0 Å². The fraction of sp³-hybridized carbons (Fsp3) is 0.591. The molecule has 0 spiro atoms. The number of nitrogens with two attached hydrogens (primary N) is 1. The van der Waals surface area contributed by atoms with Gasteiger partial charge in [0.15, 0.2) is 0 Å². The van der Waals surface area contributed by atoms with Crippen LogP contribution in [-0.2, 0) is 26.0 Å². The molecule has 1 aromatic carbocycles. The largest absolute Gasteiger partial charge is 0.487 e. The number of benzene rings is 1. The minimum atomic E-state index is -4.00. The van der Waals surface area contributed by atoms with E-state index >= 15 is 0 Å². The number of guanidine groups is 1. The highest BCUT2D eigenvalue weighted by Crippen LogP contribution is 2.42. The first-order valence-corrected chi connectivity index (χ1v) is 12.3. The summed E-state index contributed by atoms with van der Waals surface area (Å²) in [4.78, 5) is 26.4. The third-order valence-electron chi connectivity index (χ3n) is 5.78. The summed E-state index contributed by atoms with van der Waals surface area (Å²) in [6.45, 7) is 10.7. The molecule has 0 saturated carbocycles. The topological polar surface area (TPSA) is 160 Å². The molecule has 5 N–H and O–H groups in total. The van der Waals surface area contributed by atoms with Gasteiger partial charge in [0.25, 0.3) is 10.0 Å². The maximum atomic E-state index is 13.2. The van der Waals surface area contributed by atoms with E-state index in [4.69, 9.17) is 15.6 Å². The van der Waals surface area contributed by atoms with E-state index < -0.39 is 27.9 Å². The Morgan fingerprint density at radius 1 is 1.21 bits per heavy atom. The SMILES string of the molecule is CC(=O)NC(CCCN=C(N)NS(=O)(=O)c1c(C)c(C)c2c(c1C)CCC(C)(C)O2)C(=O)O. The van der Waals surface area contributed by atoms with Crippen LogP contribution in [0.15, 0.2) is 9.89 Å². The number of fused-ring (bicyclic) bond motifs is 1. The Hall–Kier alpha value is -2.82. The van der Waals surface area contributed by atoms with Crippen LogP contribution < -0.4 is 20.5 Å². The van der Waals surface area contributed by atoms with E-state index in [0.29, 0.717) is 24.0 Å². The van der Waals surface area contributed by atoms with Crippen LogP contribution in [0.4, 0.5) is 0 Å². The van der Waals surface area contributed by atoms with Crippen molar-refractivity contribution in [3.8, 4) is 5.75 Å². The molecule has 11 heteroatoms. The number of nitrogens with zero attached hydrogens (tertiary/aromatic N) is 1. The quantitative estimate of drug-likeness (QED) is 0.249. The summed E-state index contributed by atoms with van der Waals surface area (Å²) in [6.07, 6.45) is 1.91. The predicted octanol–water partition coefficient (Wildman–Crippen LogP) is 1.68. The van der Waals surface area contributed by atoms with Crippen molar-refractivity contribution >= 4 is 27.9 Å². The maximum absolute atomic E-state index is 13.2. The second kappa shape index (κ2) is 9.98. The molecule has 1 aliphatic rings. The van der Waals surface area contributed by atoms with Crippen LogP contribution >= 0.6 is 0 Å². The van der Waals surface area contributed by atoms with Crippen molar-refractivity contribution in [2.24, 2.45) is 10.7 Å². The number of carbonyl (C=O) groups is 2.